The zero-order valence-corrected chi connectivity index (χ0v) is 9.04. The van der Waals surface area contributed by atoms with E-state index >= 15 is 0 Å². The predicted octanol–water partition coefficient (Wildman–Crippen LogP) is -0.509. The van der Waals surface area contributed by atoms with Crippen molar-refractivity contribution in [2.75, 3.05) is 5.73 Å². The lowest BCUT2D eigenvalue weighted by Gasteiger charge is -2.03. The molecule has 3 aromatic heterocycles. The molecule has 3 heterocycles. The summed E-state index contributed by atoms with van der Waals surface area (Å²) in [6, 6.07) is 0. The second-order valence-electron chi connectivity index (χ2n) is 3.28. The molecule has 0 aliphatic heterocycles. The predicted molar refractivity (Wildman–Crippen MR) is 60.2 cm³/mol. The lowest BCUT2D eigenvalue weighted by Crippen LogP contribution is -2.08. The van der Waals surface area contributed by atoms with Crippen molar-refractivity contribution in [3.63, 3.8) is 0 Å². The highest BCUT2D eigenvalue weighted by molar-refractivity contribution is 5.53. The molecule has 3 rings (SSSR count). The largest absolute Gasteiger partial charge is 0.368 e. The standard InChI is InChI=1S/C9H7N9/c10-8-15-7(6-1-11-3-12-2-6)16-9(17-8)18-5-13-4-14-18/h1-5H,(H2,10,15,16,17). The Hall–Kier alpha value is -2.97. The molecule has 0 saturated carbocycles. The third-order valence-corrected chi connectivity index (χ3v) is 2.08. The number of aromatic nitrogens is 8. The van der Waals surface area contributed by atoms with E-state index in [-0.39, 0.29) is 5.95 Å². The fraction of sp³-hybridized carbons (Fsp3) is 0. The molecular formula is C9H7N9. The molecular weight excluding hydrogens is 234 g/mol. The van der Waals surface area contributed by atoms with Gasteiger partial charge >= 0.3 is 0 Å². The minimum Gasteiger partial charge on any atom is -0.368 e. The summed E-state index contributed by atoms with van der Waals surface area (Å²) in [6.45, 7) is 0. The molecule has 0 spiro atoms. The maximum Gasteiger partial charge on any atom is 0.257 e. The molecule has 0 atom stereocenters. The molecule has 0 amide bonds. The number of anilines is 1. The van der Waals surface area contributed by atoms with Gasteiger partial charge in [0.1, 0.15) is 19.0 Å². The third-order valence-electron chi connectivity index (χ3n) is 2.08. The van der Waals surface area contributed by atoms with Crippen molar-refractivity contribution in [1.29, 1.82) is 0 Å². The Labute approximate surface area is 101 Å². The van der Waals surface area contributed by atoms with Crippen molar-refractivity contribution in [1.82, 2.24) is 39.7 Å². The van der Waals surface area contributed by atoms with Gasteiger partial charge in [-0.2, -0.15) is 24.7 Å². The van der Waals surface area contributed by atoms with E-state index in [0.29, 0.717) is 17.3 Å². The molecule has 0 bridgehead atoms. The Morgan fingerprint density at radius 3 is 2.50 bits per heavy atom. The molecule has 2 N–H and O–H groups in total. The van der Waals surface area contributed by atoms with Gasteiger partial charge in [-0.15, -0.1) is 0 Å². The lowest BCUT2D eigenvalue weighted by molar-refractivity contribution is 0.799. The summed E-state index contributed by atoms with van der Waals surface area (Å²) in [7, 11) is 0. The molecule has 9 heteroatoms. The molecule has 0 radical (unpaired) electrons. The van der Waals surface area contributed by atoms with Crippen LogP contribution in [-0.2, 0) is 0 Å². The second kappa shape index (κ2) is 4.13. The summed E-state index contributed by atoms with van der Waals surface area (Å²) in [6.07, 6.45) is 7.46. The van der Waals surface area contributed by atoms with E-state index < -0.39 is 0 Å². The van der Waals surface area contributed by atoms with Crippen LogP contribution in [0.3, 0.4) is 0 Å². The Kier molecular flexibility index (Phi) is 2.34. The molecule has 3 aromatic rings. The highest BCUT2D eigenvalue weighted by atomic mass is 15.4. The van der Waals surface area contributed by atoms with Crippen molar-refractivity contribution in [3.05, 3.63) is 31.4 Å². The molecule has 0 unspecified atom stereocenters. The fourth-order valence-corrected chi connectivity index (χ4v) is 1.34. The minimum absolute atomic E-state index is 0.0920. The topological polar surface area (TPSA) is 121 Å². The Bertz CT molecular complexity index is 649. The SMILES string of the molecule is Nc1nc(-c2cncnc2)nc(-n2cncn2)n1. The first-order valence-corrected chi connectivity index (χ1v) is 4.95. The first-order valence-electron chi connectivity index (χ1n) is 4.95. The summed E-state index contributed by atoms with van der Waals surface area (Å²) in [5, 5.41) is 3.93. The van der Waals surface area contributed by atoms with E-state index in [9.17, 15) is 0 Å². The molecule has 0 saturated heterocycles. The van der Waals surface area contributed by atoms with Gasteiger partial charge in [0, 0.05) is 12.4 Å². The molecule has 0 aliphatic carbocycles. The van der Waals surface area contributed by atoms with Crippen molar-refractivity contribution in [2.24, 2.45) is 0 Å². The smallest absolute Gasteiger partial charge is 0.257 e. The summed E-state index contributed by atoms with van der Waals surface area (Å²) >= 11 is 0. The van der Waals surface area contributed by atoms with Crippen LogP contribution in [0.5, 0.6) is 0 Å². The van der Waals surface area contributed by atoms with E-state index in [4.69, 9.17) is 5.73 Å². The van der Waals surface area contributed by atoms with E-state index in [1.165, 1.54) is 23.7 Å². The van der Waals surface area contributed by atoms with Gasteiger partial charge in [0.2, 0.25) is 5.95 Å². The van der Waals surface area contributed by atoms with Crippen molar-refractivity contribution >= 4 is 5.95 Å². The summed E-state index contributed by atoms with van der Waals surface area (Å²) < 4.78 is 1.39. The van der Waals surface area contributed by atoms with Gasteiger partial charge in [-0.1, -0.05) is 0 Å². The zero-order valence-electron chi connectivity index (χ0n) is 9.04. The highest BCUT2D eigenvalue weighted by Gasteiger charge is 2.09. The quantitative estimate of drug-likeness (QED) is 0.636. The van der Waals surface area contributed by atoms with Crippen LogP contribution in [0.25, 0.3) is 17.3 Å². The van der Waals surface area contributed by atoms with Crippen molar-refractivity contribution in [3.8, 4) is 17.3 Å². The number of nitrogen functional groups attached to an aromatic ring is 1. The van der Waals surface area contributed by atoms with Crippen LogP contribution in [0.2, 0.25) is 0 Å². The van der Waals surface area contributed by atoms with Crippen LogP contribution < -0.4 is 5.73 Å². The van der Waals surface area contributed by atoms with Gasteiger partial charge in [-0.3, -0.25) is 0 Å². The number of hydrogen-bond acceptors (Lipinski definition) is 8. The normalized spacial score (nSPS) is 10.4. The number of hydrogen-bond donors (Lipinski definition) is 1. The Morgan fingerprint density at radius 1 is 0.944 bits per heavy atom. The number of nitrogens with zero attached hydrogens (tertiary/aromatic N) is 8. The first kappa shape index (κ1) is 10.2. The van der Waals surface area contributed by atoms with Crippen molar-refractivity contribution < 1.29 is 0 Å². The van der Waals surface area contributed by atoms with Crippen molar-refractivity contribution in [2.45, 2.75) is 0 Å². The van der Waals surface area contributed by atoms with Crippen LogP contribution in [0.15, 0.2) is 31.4 Å². The first-order chi connectivity index (χ1) is 8.83. The van der Waals surface area contributed by atoms with Gasteiger partial charge in [0.15, 0.2) is 5.82 Å². The molecule has 0 fully saturated rings. The average molecular weight is 241 g/mol. The van der Waals surface area contributed by atoms with Gasteiger partial charge in [0.25, 0.3) is 5.95 Å². The van der Waals surface area contributed by atoms with Crippen LogP contribution >= 0.6 is 0 Å². The Morgan fingerprint density at radius 2 is 1.78 bits per heavy atom. The second-order valence-corrected chi connectivity index (χ2v) is 3.28. The molecule has 0 aliphatic rings. The lowest BCUT2D eigenvalue weighted by atomic mass is 10.3. The monoisotopic (exact) mass is 241 g/mol. The summed E-state index contributed by atoms with van der Waals surface area (Å²) in [4.78, 5) is 23.8. The maximum atomic E-state index is 5.64. The van der Waals surface area contributed by atoms with E-state index in [2.05, 4.69) is 35.0 Å². The van der Waals surface area contributed by atoms with Crippen LogP contribution in [-0.4, -0.2) is 39.7 Å². The fourth-order valence-electron chi connectivity index (χ4n) is 1.34. The highest BCUT2D eigenvalue weighted by Crippen LogP contribution is 2.13. The van der Waals surface area contributed by atoms with Crippen LogP contribution in [0.4, 0.5) is 5.95 Å². The van der Waals surface area contributed by atoms with Gasteiger partial charge in [-0.05, 0) is 0 Å². The van der Waals surface area contributed by atoms with Gasteiger partial charge in [0.05, 0.1) is 5.56 Å². The molecule has 0 aromatic carbocycles. The third kappa shape index (κ3) is 1.84. The minimum atomic E-state index is 0.0920. The Balaban J connectivity index is 2.12. The molecule has 18 heavy (non-hydrogen) atoms. The van der Waals surface area contributed by atoms with Crippen LogP contribution in [0, 0.1) is 0 Å². The van der Waals surface area contributed by atoms with E-state index in [0.717, 1.165) is 0 Å². The maximum absolute atomic E-state index is 5.64. The summed E-state index contributed by atoms with van der Waals surface area (Å²) in [5.74, 6) is 0.766. The van der Waals surface area contributed by atoms with Gasteiger partial charge in [-0.25, -0.2) is 15.0 Å². The average Bonchev–Trinajstić information content (AvgIpc) is 2.93. The van der Waals surface area contributed by atoms with E-state index in [1.54, 1.807) is 12.4 Å². The zero-order chi connectivity index (χ0) is 12.4. The molecule has 9 nitrogen and oxygen atoms in total. The van der Waals surface area contributed by atoms with E-state index in [1.807, 2.05) is 0 Å². The van der Waals surface area contributed by atoms with Gasteiger partial charge < -0.3 is 5.73 Å². The van der Waals surface area contributed by atoms with Crippen LogP contribution in [0.1, 0.15) is 0 Å². The number of nitrogens with two attached hydrogens (primary N) is 1. The summed E-state index contributed by atoms with van der Waals surface area (Å²) in [5.41, 5.74) is 6.28. The number of rotatable bonds is 2. The molecule has 88 valence electrons.